The molecule has 0 bridgehead atoms. The molecule has 1 heterocycles. The highest BCUT2D eigenvalue weighted by Crippen LogP contribution is 2.30. The maximum Gasteiger partial charge on any atom is 0.266 e. The van der Waals surface area contributed by atoms with Crippen molar-refractivity contribution in [2.75, 3.05) is 11.0 Å². The van der Waals surface area contributed by atoms with Crippen molar-refractivity contribution >= 4 is 38.5 Å². The highest BCUT2D eigenvalue weighted by atomic mass is 127. The van der Waals surface area contributed by atoms with Crippen molar-refractivity contribution in [2.45, 2.75) is 18.7 Å². The van der Waals surface area contributed by atoms with Gasteiger partial charge in [-0.05, 0) is 25.0 Å². The largest absolute Gasteiger partial charge is 0.273 e. The molecule has 0 N–H and O–H groups in total. The fraction of sp³-hybridized carbons (Fsp3) is 0.462. The maximum absolute atomic E-state index is 12.5. The first-order valence-electron chi connectivity index (χ1n) is 6.07. The molecule has 1 aromatic carbocycles. The average Bonchev–Trinajstić information content (AvgIpc) is 2.67. The number of hydrogen-bond acceptors (Lipinski definition) is 3. The lowest BCUT2D eigenvalue weighted by Crippen LogP contribution is -2.33. The molecule has 1 fully saturated rings. The minimum Gasteiger partial charge on any atom is -0.273 e. The number of sulfonamides is 1. The number of hydrogen-bond donors (Lipinski definition) is 0. The molecule has 0 spiro atoms. The normalized spacial score (nSPS) is 23.9. The maximum atomic E-state index is 12.5. The molecule has 1 aliphatic heterocycles. The van der Waals surface area contributed by atoms with Gasteiger partial charge in [-0.2, -0.15) is 0 Å². The minimum atomic E-state index is -3.70. The molecule has 0 unspecified atom stereocenters. The molecule has 2 atom stereocenters. The fourth-order valence-electron chi connectivity index (χ4n) is 2.13. The third kappa shape index (κ3) is 2.65. The van der Waals surface area contributed by atoms with E-state index in [1.165, 1.54) is 0 Å². The van der Waals surface area contributed by atoms with Crippen LogP contribution in [0.4, 0.5) is 0 Å². The molecule has 1 aliphatic rings. The second-order valence-corrected chi connectivity index (χ2v) is 7.63. The van der Waals surface area contributed by atoms with Crippen LogP contribution in [0.1, 0.15) is 12.5 Å². The standard InChI is InChI=1S/C13H16INO3S/c1-9-3-5-12(6-4-9)19(17,18)15-8-11(7-14)10(2)13(15)16/h3-6,10-11H,7-8H2,1-2H3/t10-,11+/m0/s1. The topological polar surface area (TPSA) is 54.5 Å². The first-order valence-corrected chi connectivity index (χ1v) is 9.03. The van der Waals surface area contributed by atoms with Gasteiger partial charge in [0.1, 0.15) is 0 Å². The van der Waals surface area contributed by atoms with E-state index in [1.807, 2.05) is 6.92 Å². The van der Waals surface area contributed by atoms with Crippen molar-refractivity contribution in [3.05, 3.63) is 29.8 Å². The number of alkyl halides is 1. The first-order chi connectivity index (χ1) is 8.87. The zero-order valence-corrected chi connectivity index (χ0v) is 13.8. The minimum absolute atomic E-state index is 0.105. The summed E-state index contributed by atoms with van der Waals surface area (Å²) in [4.78, 5) is 12.3. The number of benzene rings is 1. The van der Waals surface area contributed by atoms with E-state index in [0.717, 1.165) is 14.3 Å². The number of rotatable bonds is 3. The van der Waals surface area contributed by atoms with Gasteiger partial charge in [0.05, 0.1) is 4.90 Å². The van der Waals surface area contributed by atoms with Gasteiger partial charge in [0.25, 0.3) is 10.0 Å². The van der Waals surface area contributed by atoms with Gasteiger partial charge >= 0.3 is 0 Å². The smallest absolute Gasteiger partial charge is 0.266 e. The van der Waals surface area contributed by atoms with E-state index < -0.39 is 10.0 Å². The van der Waals surface area contributed by atoms with E-state index in [9.17, 15) is 13.2 Å². The first kappa shape index (κ1) is 14.8. The van der Waals surface area contributed by atoms with Crippen LogP contribution in [0, 0.1) is 18.8 Å². The van der Waals surface area contributed by atoms with Crippen LogP contribution < -0.4 is 0 Å². The van der Waals surface area contributed by atoms with Gasteiger partial charge in [0.15, 0.2) is 0 Å². The number of nitrogens with zero attached hydrogens (tertiary/aromatic N) is 1. The highest BCUT2D eigenvalue weighted by Gasteiger charge is 2.43. The van der Waals surface area contributed by atoms with E-state index in [4.69, 9.17) is 0 Å². The van der Waals surface area contributed by atoms with Gasteiger partial charge in [-0.15, -0.1) is 0 Å². The molecule has 0 saturated carbocycles. The van der Waals surface area contributed by atoms with Crippen LogP contribution in [0.3, 0.4) is 0 Å². The predicted molar refractivity (Wildman–Crippen MR) is 81.6 cm³/mol. The summed E-state index contributed by atoms with van der Waals surface area (Å²) < 4.78 is 26.7. The van der Waals surface area contributed by atoms with Crippen molar-refractivity contribution in [3.63, 3.8) is 0 Å². The average molecular weight is 393 g/mol. The lowest BCUT2D eigenvalue weighted by molar-refractivity contribution is -0.126. The third-order valence-electron chi connectivity index (χ3n) is 3.55. The van der Waals surface area contributed by atoms with E-state index in [2.05, 4.69) is 22.6 Å². The van der Waals surface area contributed by atoms with E-state index >= 15 is 0 Å². The van der Waals surface area contributed by atoms with Crippen molar-refractivity contribution in [1.82, 2.24) is 4.31 Å². The van der Waals surface area contributed by atoms with Crippen LogP contribution in [0.25, 0.3) is 0 Å². The number of carbonyl (C=O) groups is 1. The molecule has 104 valence electrons. The second-order valence-electron chi connectivity index (χ2n) is 4.89. The van der Waals surface area contributed by atoms with Crippen LogP contribution in [0.15, 0.2) is 29.2 Å². The monoisotopic (exact) mass is 393 g/mol. The Hall–Kier alpha value is -0.630. The number of amides is 1. The highest BCUT2D eigenvalue weighted by molar-refractivity contribution is 14.1. The molecule has 1 aromatic rings. The molecular weight excluding hydrogens is 377 g/mol. The van der Waals surface area contributed by atoms with Gasteiger partial charge in [0.2, 0.25) is 5.91 Å². The van der Waals surface area contributed by atoms with Gasteiger partial charge in [-0.1, -0.05) is 47.2 Å². The van der Waals surface area contributed by atoms with Crippen molar-refractivity contribution in [3.8, 4) is 0 Å². The van der Waals surface area contributed by atoms with Crippen LogP contribution in [0.5, 0.6) is 0 Å². The van der Waals surface area contributed by atoms with Crippen molar-refractivity contribution in [2.24, 2.45) is 11.8 Å². The van der Waals surface area contributed by atoms with Gasteiger partial charge in [-0.25, -0.2) is 12.7 Å². The quantitative estimate of drug-likeness (QED) is 0.585. The SMILES string of the molecule is Cc1ccc(S(=O)(=O)N2C[C@@H](CI)[C@H](C)C2=O)cc1. The molecule has 1 amide bonds. The van der Waals surface area contributed by atoms with Crippen LogP contribution in [-0.4, -0.2) is 29.6 Å². The molecular formula is C13H16INO3S. The fourth-order valence-corrected chi connectivity index (χ4v) is 4.69. The molecule has 19 heavy (non-hydrogen) atoms. The summed E-state index contributed by atoms with van der Waals surface area (Å²) in [5, 5.41) is 0. The van der Waals surface area contributed by atoms with Gasteiger partial charge < -0.3 is 0 Å². The Morgan fingerprint density at radius 1 is 1.32 bits per heavy atom. The Balaban J connectivity index is 2.36. The van der Waals surface area contributed by atoms with Gasteiger partial charge in [-0.3, -0.25) is 4.79 Å². The summed E-state index contributed by atoms with van der Waals surface area (Å²) in [7, 11) is -3.70. The summed E-state index contributed by atoms with van der Waals surface area (Å²) in [6.07, 6.45) is 0. The Morgan fingerprint density at radius 3 is 2.37 bits per heavy atom. The van der Waals surface area contributed by atoms with E-state index in [1.54, 1.807) is 31.2 Å². The van der Waals surface area contributed by atoms with E-state index in [0.29, 0.717) is 6.54 Å². The van der Waals surface area contributed by atoms with Crippen LogP contribution in [0.2, 0.25) is 0 Å². The second kappa shape index (κ2) is 5.40. The van der Waals surface area contributed by atoms with Crippen molar-refractivity contribution < 1.29 is 13.2 Å². The Bertz CT molecular complexity index is 582. The lowest BCUT2D eigenvalue weighted by Gasteiger charge is -2.17. The molecule has 0 radical (unpaired) electrons. The predicted octanol–water partition coefficient (Wildman–Crippen LogP) is 2.21. The van der Waals surface area contributed by atoms with Crippen molar-refractivity contribution in [1.29, 1.82) is 0 Å². The van der Waals surface area contributed by atoms with Gasteiger partial charge in [0, 0.05) is 16.9 Å². The lowest BCUT2D eigenvalue weighted by atomic mass is 10.0. The Morgan fingerprint density at radius 2 is 1.89 bits per heavy atom. The number of halogens is 1. The number of aryl methyl sites for hydroxylation is 1. The summed E-state index contributed by atoms with van der Waals surface area (Å²) >= 11 is 2.20. The molecule has 1 saturated heterocycles. The van der Waals surface area contributed by atoms with Crippen LogP contribution in [-0.2, 0) is 14.8 Å². The Kier molecular flexibility index (Phi) is 4.20. The van der Waals surface area contributed by atoms with E-state index in [-0.39, 0.29) is 22.6 Å². The molecule has 0 aliphatic carbocycles. The Labute approximate surface area is 127 Å². The number of carbonyl (C=O) groups excluding carboxylic acids is 1. The third-order valence-corrected chi connectivity index (χ3v) is 6.46. The molecule has 6 heteroatoms. The zero-order chi connectivity index (χ0) is 14.2. The molecule has 2 rings (SSSR count). The summed E-state index contributed by atoms with van der Waals surface area (Å²) in [5.41, 5.74) is 0.991. The summed E-state index contributed by atoms with van der Waals surface area (Å²) in [6, 6.07) is 6.60. The molecule has 4 nitrogen and oxygen atoms in total. The summed E-state index contributed by atoms with van der Waals surface area (Å²) in [6.45, 7) is 3.99. The van der Waals surface area contributed by atoms with Crippen LogP contribution >= 0.6 is 22.6 Å². The summed E-state index contributed by atoms with van der Waals surface area (Å²) in [5.74, 6) is -0.410. The molecule has 0 aromatic heterocycles. The zero-order valence-electron chi connectivity index (χ0n) is 10.8.